The molecule has 1 aromatic carbocycles. The predicted octanol–water partition coefficient (Wildman–Crippen LogP) is 5.53. The van der Waals surface area contributed by atoms with Crippen molar-refractivity contribution in [3.63, 3.8) is 0 Å². The van der Waals surface area contributed by atoms with Crippen molar-refractivity contribution >= 4 is 35.3 Å². The highest BCUT2D eigenvalue weighted by atomic mass is 35.5. The zero-order chi connectivity index (χ0) is 18.3. The molecular weight excluding hydrogens is 371 g/mol. The molecule has 1 aromatic heterocycles. The Morgan fingerprint density at radius 3 is 2.92 bits per heavy atom. The van der Waals surface area contributed by atoms with Crippen LogP contribution in [0.4, 0.5) is 0 Å². The molecule has 26 heavy (non-hydrogen) atoms. The van der Waals surface area contributed by atoms with Gasteiger partial charge in [0.2, 0.25) is 5.91 Å². The second-order valence-electron chi connectivity index (χ2n) is 7.37. The zero-order valence-electron chi connectivity index (χ0n) is 14.5. The summed E-state index contributed by atoms with van der Waals surface area (Å²) in [4.78, 5) is 12.4. The maximum Gasteiger partial charge on any atom is 0.244 e. The van der Waals surface area contributed by atoms with Crippen LogP contribution < -0.4 is 5.43 Å². The molecule has 4 nitrogen and oxygen atoms in total. The molecule has 3 atom stereocenters. The summed E-state index contributed by atoms with van der Waals surface area (Å²) in [7, 11) is 0. The number of hydrazone groups is 1. The molecule has 1 amide bonds. The third-order valence-electron chi connectivity index (χ3n) is 5.82. The first kappa shape index (κ1) is 17.6. The molecule has 136 valence electrons. The van der Waals surface area contributed by atoms with Crippen molar-refractivity contribution < 1.29 is 9.21 Å². The third-order valence-corrected chi connectivity index (χ3v) is 6.64. The Bertz CT molecular complexity index is 876. The van der Waals surface area contributed by atoms with Crippen LogP contribution >= 0.6 is 23.2 Å². The van der Waals surface area contributed by atoms with Gasteiger partial charge in [-0.3, -0.25) is 4.79 Å². The minimum Gasteiger partial charge on any atom is -0.455 e. The van der Waals surface area contributed by atoms with Gasteiger partial charge in [0.1, 0.15) is 11.5 Å². The number of carbonyl (C=O) groups is 1. The Morgan fingerprint density at radius 1 is 1.31 bits per heavy atom. The monoisotopic (exact) mass is 390 g/mol. The summed E-state index contributed by atoms with van der Waals surface area (Å²) in [5.41, 5.74) is 3.57. The Morgan fingerprint density at radius 2 is 2.15 bits per heavy atom. The van der Waals surface area contributed by atoms with Gasteiger partial charge in [0.15, 0.2) is 0 Å². The summed E-state index contributed by atoms with van der Waals surface area (Å²) in [5, 5.41) is 4.98. The molecule has 0 unspecified atom stereocenters. The molecule has 2 aromatic rings. The summed E-state index contributed by atoms with van der Waals surface area (Å²) >= 11 is 12.3. The number of furan rings is 1. The first-order valence-electron chi connectivity index (χ1n) is 8.88. The highest BCUT2D eigenvalue weighted by Crippen LogP contribution is 2.66. The van der Waals surface area contributed by atoms with Crippen LogP contribution in [0.2, 0.25) is 10.0 Å². The zero-order valence-corrected chi connectivity index (χ0v) is 16.0. The minimum atomic E-state index is 0.0142. The van der Waals surface area contributed by atoms with Gasteiger partial charge in [-0.1, -0.05) is 49.0 Å². The summed E-state index contributed by atoms with van der Waals surface area (Å²) in [6.45, 7) is 2.22. The maximum atomic E-state index is 12.4. The number of nitrogens with one attached hydrogen (secondary N) is 1. The van der Waals surface area contributed by atoms with Crippen molar-refractivity contribution in [3.8, 4) is 11.3 Å². The highest BCUT2D eigenvalue weighted by molar-refractivity contribution is 6.43. The van der Waals surface area contributed by atoms with Crippen molar-refractivity contribution in [2.75, 3.05) is 0 Å². The van der Waals surface area contributed by atoms with Gasteiger partial charge < -0.3 is 4.42 Å². The molecule has 0 spiro atoms. The number of amides is 1. The molecule has 2 aliphatic carbocycles. The van der Waals surface area contributed by atoms with Crippen LogP contribution in [0.25, 0.3) is 11.3 Å². The minimum absolute atomic E-state index is 0.0142. The number of fused-ring (bicyclic) bond motifs is 1. The van der Waals surface area contributed by atoms with E-state index >= 15 is 0 Å². The van der Waals surface area contributed by atoms with E-state index in [2.05, 4.69) is 17.5 Å². The molecule has 0 bridgehead atoms. The first-order valence-corrected chi connectivity index (χ1v) is 9.63. The van der Waals surface area contributed by atoms with Gasteiger partial charge in [0, 0.05) is 11.5 Å². The summed E-state index contributed by atoms with van der Waals surface area (Å²) < 4.78 is 5.73. The van der Waals surface area contributed by atoms with E-state index in [0.717, 1.165) is 18.4 Å². The second-order valence-corrected chi connectivity index (χ2v) is 8.16. The van der Waals surface area contributed by atoms with E-state index in [9.17, 15) is 4.79 Å². The average Bonchev–Trinajstić information content (AvgIpc) is 2.99. The van der Waals surface area contributed by atoms with Gasteiger partial charge >= 0.3 is 0 Å². The third kappa shape index (κ3) is 3.06. The van der Waals surface area contributed by atoms with Crippen LogP contribution in [0.3, 0.4) is 0 Å². The maximum absolute atomic E-state index is 12.4. The first-order chi connectivity index (χ1) is 12.5. The molecule has 0 radical (unpaired) electrons. The van der Waals surface area contributed by atoms with E-state index < -0.39 is 0 Å². The normalized spacial score (nSPS) is 27.3. The van der Waals surface area contributed by atoms with Crippen LogP contribution in [-0.4, -0.2) is 12.1 Å². The van der Waals surface area contributed by atoms with E-state index in [4.69, 9.17) is 27.6 Å². The average molecular weight is 391 g/mol. The van der Waals surface area contributed by atoms with E-state index in [1.807, 2.05) is 12.1 Å². The SMILES string of the molecule is C[C@]12CCCC[C@H]1[C@@H]2C(=O)N/N=C\c1ccc(-c2cccc(Cl)c2Cl)o1. The lowest BCUT2D eigenvalue weighted by molar-refractivity contribution is -0.123. The molecule has 2 aliphatic rings. The lowest BCUT2D eigenvalue weighted by atomic mass is 9.90. The van der Waals surface area contributed by atoms with Crippen LogP contribution in [0.15, 0.2) is 39.9 Å². The van der Waals surface area contributed by atoms with Gasteiger partial charge in [0.05, 0.1) is 16.3 Å². The van der Waals surface area contributed by atoms with Crippen molar-refractivity contribution in [2.45, 2.75) is 32.6 Å². The fourth-order valence-corrected chi connectivity index (χ4v) is 4.73. The number of rotatable bonds is 4. The Labute approximate surface area is 162 Å². The van der Waals surface area contributed by atoms with Gasteiger partial charge in [-0.05, 0) is 48.4 Å². The van der Waals surface area contributed by atoms with Gasteiger partial charge in [-0.15, -0.1) is 0 Å². The molecule has 1 heterocycles. The van der Waals surface area contributed by atoms with Crippen molar-refractivity contribution in [1.29, 1.82) is 0 Å². The van der Waals surface area contributed by atoms with E-state index in [1.165, 1.54) is 19.1 Å². The van der Waals surface area contributed by atoms with Crippen molar-refractivity contribution in [3.05, 3.63) is 46.1 Å². The lowest BCUT2D eigenvalue weighted by Gasteiger charge is -2.15. The van der Waals surface area contributed by atoms with E-state index in [0.29, 0.717) is 27.5 Å². The molecule has 6 heteroatoms. The number of carbonyl (C=O) groups excluding carboxylic acids is 1. The number of benzene rings is 1. The smallest absolute Gasteiger partial charge is 0.244 e. The van der Waals surface area contributed by atoms with Crippen LogP contribution in [-0.2, 0) is 4.79 Å². The Balaban J connectivity index is 1.40. The Hall–Kier alpha value is -1.78. The molecule has 4 rings (SSSR count). The van der Waals surface area contributed by atoms with Crippen molar-refractivity contribution in [2.24, 2.45) is 22.4 Å². The molecule has 0 aliphatic heterocycles. The quantitative estimate of drug-likeness (QED) is 0.550. The largest absolute Gasteiger partial charge is 0.455 e. The highest BCUT2D eigenvalue weighted by Gasteiger charge is 2.64. The van der Waals surface area contributed by atoms with Gasteiger partial charge in [-0.2, -0.15) is 5.10 Å². The molecule has 0 saturated heterocycles. The standard InChI is InChI=1S/C20H20Cl2N2O2/c1-20-10-3-2-6-14(20)17(20)19(25)24-23-11-12-8-9-16(26-12)13-5-4-7-15(21)18(13)22/h4-5,7-9,11,14,17H,2-3,6,10H2,1H3,(H,24,25)/b23-11-/t14-,17+,20-/m0/s1. The number of nitrogens with zero attached hydrogens (tertiary/aromatic N) is 1. The van der Waals surface area contributed by atoms with Crippen LogP contribution in [0, 0.1) is 17.3 Å². The number of hydrogen-bond donors (Lipinski definition) is 1. The van der Waals surface area contributed by atoms with Crippen LogP contribution in [0.5, 0.6) is 0 Å². The number of halogens is 2. The fraction of sp³-hybridized carbons (Fsp3) is 0.400. The fourth-order valence-electron chi connectivity index (χ4n) is 4.34. The Kier molecular flexibility index (Phi) is 4.57. The topological polar surface area (TPSA) is 54.6 Å². The van der Waals surface area contributed by atoms with E-state index in [1.54, 1.807) is 18.2 Å². The molecule has 1 N–H and O–H groups in total. The van der Waals surface area contributed by atoms with E-state index in [-0.39, 0.29) is 17.2 Å². The molecular formula is C20H20Cl2N2O2. The van der Waals surface area contributed by atoms with Gasteiger partial charge in [-0.25, -0.2) is 5.43 Å². The van der Waals surface area contributed by atoms with Gasteiger partial charge in [0.25, 0.3) is 0 Å². The summed E-state index contributed by atoms with van der Waals surface area (Å²) in [5.74, 6) is 1.77. The predicted molar refractivity (Wildman–Crippen MR) is 103 cm³/mol. The van der Waals surface area contributed by atoms with Crippen molar-refractivity contribution in [1.82, 2.24) is 5.43 Å². The molecule has 2 fully saturated rings. The van der Waals surface area contributed by atoms with Crippen LogP contribution in [0.1, 0.15) is 38.4 Å². The second kappa shape index (κ2) is 6.75. The lowest BCUT2D eigenvalue weighted by Crippen LogP contribution is -2.22. The summed E-state index contributed by atoms with van der Waals surface area (Å²) in [6, 6.07) is 8.96. The molecule has 2 saturated carbocycles. The summed E-state index contributed by atoms with van der Waals surface area (Å²) in [6.07, 6.45) is 6.26. The number of hydrogen-bond acceptors (Lipinski definition) is 3.